The van der Waals surface area contributed by atoms with E-state index in [-0.39, 0.29) is 0 Å². The molecule has 0 aliphatic rings. The van der Waals surface area contributed by atoms with Crippen molar-refractivity contribution in [1.82, 2.24) is 4.98 Å². The molecule has 0 saturated carbocycles. The first-order chi connectivity index (χ1) is 12.7. The maximum absolute atomic E-state index is 6.14. The Morgan fingerprint density at radius 1 is 0.962 bits per heavy atom. The van der Waals surface area contributed by atoms with Crippen LogP contribution < -0.4 is 0 Å². The predicted octanol–water partition coefficient (Wildman–Crippen LogP) is 6.26. The molecule has 1 heterocycles. The lowest BCUT2D eigenvalue weighted by Gasteiger charge is -2.29. The Bertz CT molecular complexity index is 586. The molecule has 0 unspecified atom stereocenters. The molecule has 0 bridgehead atoms. The summed E-state index contributed by atoms with van der Waals surface area (Å²) in [6.07, 6.45) is 2.94. The fourth-order valence-corrected chi connectivity index (χ4v) is 9.40. The topological polar surface area (TPSA) is 40.6 Å². The van der Waals surface area contributed by atoms with Gasteiger partial charge in [-0.05, 0) is 42.2 Å². The molecule has 2 rings (SSSR count). The minimum Gasteiger partial charge on any atom is -0.373 e. The van der Waals surface area contributed by atoms with Gasteiger partial charge in [-0.15, -0.1) is 11.3 Å². The van der Waals surface area contributed by atoms with Crippen molar-refractivity contribution in [2.45, 2.75) is 50.4 Å². The summed E-state index contributed by atoms with van der Waals surface area (Å²) in [7, 11) is 0.967. The molecule has 4 nitrogen and oxygen atoms in total. The predicted molar refractivity (Wildman–Crippen MR) is 117 cm³/mol. The number of aromatic nitrogens is 1. The Kier molecular flexibility index (Phi) is 10.6. The number of rotatable bonds is 14. The van der Waals surface area contributed by atoms with Gasteiger partial charge in [-0.2, -0.15) is 0 Å². The van der Waals surface area contributed by atoms with E-state index in [1.807, 2.05) is 16.9 Å². The van der Waals surface area contributed by atoms with E-state index in [9.17, 15) is 0 Å². The van der Waals surface area contributed by atoms with Crippen molar-refractivity contribution in [3.8, 4) is 0 Å². The lowest BCUT2D eigenvalue weighted by atomic mass is 10.3. The van der Waals surface area contributed by atoms with Crippen molar-refractivity contribution in [3.63, 3.8) is 0 Å². The number of para-hydroxylation sites is 1. The number of fused-ring (bicyclic) bond motifs is 1. The maximum atomic E-state index is 6.14. The first-order valence-electron chi connectivity index (χ1n) is 9.30. The molecule has 8 heteroatoms. The first-order valence-corrected chi connectivity index (χ1v) is 14.4. The maximum Gasteiger partial charge on any atom is 0.501 e. The van der Waals surface area contributed by atoms with Gasteiger partial charge in [0.2, 0.25) is 0 Å². The molecule has 26 heavy (non-hydrogen) atoms. The lowest BCUT2D eigenvalue weighted by Crippen LogP contribution is -2.47. The Morgan fingerprint density at radius 3 is 2.15 bits per heavy atom. The molecule has 2 aromatic rings. The Balaban J connectivity index is 1.88. The van der Waals surface area contributed by atoms with Gasteiger partial charge in [0.15, 0.2) is 4.34 Å². The third kappa shape index (κ3) is 7.14. The fourth-order valence-electron chi connectivity index (χ4n) is 2.26. The summed E-state index contributed by atoms with van der Waals surface area (Å²) in [6.45, 7) is 8.48. The highest BCUT2D eigenvalue weighted by Crippen LogP contribution is 2.37. The minimum atomic E-state index is -2.58. The average molecular weight is 432 g/mol. The van der Waals surface area contributed by atoms with Crippen molar-refractivity contribution in [1.29, 1.82) is 0 Å². The van der Waals surface area contributed by atoms with E-state index in [2.05, 4.69) is 44.0 Å². The molecule has 0 amide bonds. The third-order valence-electron chi connectivity index (χ3n) is 3.47. The van der Waals surface area contributed by atoms with Gasteiger partial charge in [-0.3, -0.25) is 0 Å². The van der Waals surface area contributed by atoms with Gasteiger partial charge in [-0.1, -0.05) is 43.7 Å². The van der Waals surface area contributed by atoms with Crippen LogP contribution in [0.15, 0.2) is 28.6 Å². The van der Waals surface area contributed by atoms with Gasteiger partial charge < -0.3 is 13.3 Å². The standard InChI is InChI=1S/C18H29NO3S3Si/c1-4-11-20-26(21-12-5-2,22-13-6-3)15-14-23-25-18-19-16-9-7-8-10-17(16)24-18/h7-10H,4-6,11-15H2,1-3H3. The van der Waals surface area contributed by atoms with Crippen molar-refractivity contribution < 1.29 is 13.3 Å². The van der Waals surface area contributed by atoms with E-state index in [0.717, 1.165) is 40.9 Å². The number of nitrogens with zero attached hydrogens (tertiary/aromatic N) is 1. The summed E-state index contributed by atoms with van der Waals surface area (Å²) in [6, 6.07) is 9.12. The van der Waals surface area contributed by atoms with Crippen LogP contribution in [0.2, 0.25) is 6.04 Å². The van der Waals surface area contributed by atoms with Crippen LogP contribution in [-0.2, 0) is 13.3 Å². The summed E-state index contributed by atoms with van der Waals surface area (Å²) in [4.78, 5) is 4.67. The second-order valence-corrected chi connectivity index (χ2v) is 12.3. The van der Waals surface area contributed by atoms with Crippen LogP contribution in [0.1, 0.15) is 40.0 Å². The van der Waals surface area contributed by atoms with E-state index < -0.39 is 8.80 Å². The van der Waals surface area contributed by atoms with Gasteiger partial charge >= 0.3 is 8.80 Å². The monoisotopic (exact) mass is 431 g/mol. The molecule has 1 aromatic heterocycles. The Labute approximate surface area is 170 Å². The Morgan fingerprint density at radius 2 is 1.58 bits per heavy atom. The van der Waals surface area contributed by atoms with Gasteiger partial charge in [0.05, 0.1) is 10.2 Å². The molecule has 0 fully saturated rings. The summed E-state index contributed by atoms with van der Waals surface area (Å²) in [5, 5.41) is 0. The summed E-state index contributed by atoms with van der Waals surface area (Å²) in [5.74, 6) is 0.934. The summed E-state index contributed by atoms with van der Waals surface area (Å²) >= 11 is 1.75. The minimum absolute atomic E-state index is 0.704. The van der Waals surface area contributed by atoms with Crippen LogP contribution >= 0.6 is 32.9 Å². The van der Waals surface area contributed by atoms with Crippen molar-refractivity contribution in [2.75, 3.05) is 25.6 Å². The molecule has 0 N–H and O–H groups in total. The summed E-state index contributed by atoms with van der Waals surface area (Å²) in [5.41, 5.74) is 1.08. The lowest BCUT2D eigenvalue weighted by molar-refractivity contribution is 0.0607. The van der Waals surface area contributed by atoms with Gasteiger partial charge in [0.1, 0.15) is 0 Å². The zero-order valence-corrected chi connectivity index (χ0v) is 19.3. The van der Waals surface area contributed by atoms with Gasteiger partial charge in [0, 0.05) is 31.6 Å². The van der Waals surface area contributed by atoms with Gasteiger partial charge in [0.25, 0.3) is 0 Å². The van der Waals surface area contributed by atoms with Crippen LogP contribution in [0.3, 0.4) is 0 Å². The van der Waals surface area contributed by atoms with Crippen molar-refractivity contribution >= 4 is 51.9 Å². The second-order valence-electron chi connectivity index (χ2n) is 5.83. The fraction of sp³-hybridized carbons (Fsp3) is 0.611. The molecule has 0 saturated heterocycles. The summed E-state index contributed by atoms with van der Waals surface area (Å²) < 4.78 is 20.8. The number of benzene rings is 1. The van der Waals surface area contributed by atoms with Gasteiger partial charge in [-0.25, -0.2) is 4.98 Å². The SMILES string of the molecule is CCCO[Si](CCSSc1nc2ccccc2s1)(OCCC)OCCC. The Hall–Kier alpha value is -0.0931. The van der Waals surface area contributed by atoms with Crippen LogP contribution in [0.25, 0.3) is 10.2 Å². The van der Waals surface area contributed by atoms with E-state index in [0.29, 0.717) is 19.8 Å². The zero-order chi connectivity index (χ0) is 18.7. The molecule has 0 aliphatic carbocycles. The third-order valence-corrected chi connectivity index (χ3v) is 10.3. The van der Waals surface area contributed by atoms with E-state index >= 15 is 0 Å². The zero-order valence-electron chi connectivity index (χ0n) is 15.9. The number of hydrogen-bond donors (Lipinski definition) is 0. The number of thiazole rings is 1. The normalized spacial score (nSPS) is 12.1. The number of hydrogen-bond acceptors (Lipinski definition) is 7. The van der Waals surface area contributed by atoms with E-state index in [1.54, 1.807) is 22.1 Å². The van der Waals surface area contributed by atoms with Crippen molar-refractivity contribution in [3.05, 3.63) is 24.3 Å². The molecule has 146 valence electrons. The van der Waals surface area contributed by atoms with Crippen molar-refractivity contribution in [2.24, 2.45) is 0 Å². The molecule has 0 radical (unpaired) electrons. The smallest absolute Gasteiger partial charge is 0.373 e. The van der Waals surface area contributed by atoms with Crippen LogP contribution in [0, 0.1) is 0 Å². The first kappa shape index (κ1) is 22.2. The highest BCUT2D eigenvalue weighted by molar-refractivity contribution is 8.77. The molecule has 0 spiro atoms. The van der Waals surface area contributed by atoms with Crippen LogP contribution in [0.5, 0.6) is 0 Å². The average Bonchev–Trinajstić information content (AvgIpc) is 3.09. The van der Waals surface area contributed by atoms with E-state index in [1.165, 1.54) is 4.70 Å². The molecular formula is C18H29NO3S3Si. The second kappa shape index (κ2) is 12.4. The van der Waals surface area contributed by atoms with E-state index in [4.69, 9.17) is 13.3 Å². The molecule has 0 atom stereocenters. The molecule has 1 aromatic carbocycles. The largest absolute Gasteiger partial charge is 0.501 e. The highest BCUT2D eigenvalue weighted by atomic mass is 33.1. The van der Waals surface area contributed by atoms with Crippen LogP contribution in [0.4, 0.5) is 0 Å². The van der Waals surface area contributed by atoms with Crippen LogP contribution in [-0.4, -0.2) is 39.4 Å². The molecule has 0 aliphatic heterocycles. The quantitative estimate of drug-likeness (QED) is 0.200. The highest BCUT2D eigenvalue weighted by Gasteiger charge is 2.40. The molecular weight excluding hydrogens is 402 g/mol.